The van der Waals surface area contributed by atoms with Gasteiger partial charge in [-0.2, -0.15) is 8.75 Å². The zero-order chi connectivity index (χ0) is 10.2. The van der Waals surface area contributed by atoms with E-state index in [9.17, 15) is 13.2 Å². The molecule has 0 aliphatic rings. The van der Waals surface area contributed by atoms with Gasteiger partial charge in [0.1, 0.15) is 16.8 Å². The minimum atomic E-state index is -4.67. The first kappa shape index (κ1) is 9.20. The van der Waals surface area contributed by atoms with E-state index in [-0.39, 0.29) is 5.75 Å². The Labute approximate surface area is 80.5 Å². The number of hydrogen-bond acceptors (Lipinski definition) is 4. The van der Waals surface area contributed by atoms with E-state index in [4.69, 9.17) is 0 Å². The van der Waals surface area contributed by atoms with Crippen LogP contribution in [0.5, 0.6) is 5.75 Å². The summed E-state index contributed by atoms with van der Waals surface area (Å²) in [6, 6.07) is 3.84. The lowest BCUT2D eigenvalue weighted by Gasteiger charge is -2.07. The van der Waals surface area contributed by atoms with Gasteiger partial charge in [0, 0.05) is 6.07 Å². The van der Waals surface area contributed by atoms with E-state index in [1.54, 1.807) is 0 Å². The van der Waals surface area contributed by atoms with Crippen LogP contribution in [0.25, 0.3) is 11.0 Å². The van der Waals surface area contributed by atoms with Crippen molar-refractivity contribution < 1.29 is 17.9 Å². The SMILES string of the molecule is FC(F)(F)Oc1ccc2nsnc2c1. The van der Waals surface area contributed by atoms with Crippen molar-refractivity contribution >= 4 is 22.8 Å². The largest absolute Gasteiger partial charge is 0.573 e. The van der Waals surface area contributed by atoms with Gasteiger partial charge in [0.05, 0.1) is 11.7 Å². The highest BCUT2D eigenvalue weighted by Gasteiger charge is 2.31. The molecule has 0 N–H and O–H groups in total. The third-order valence-electron chi connectivity index (χ3n) is 1.46. The van der Waals surface area contributed by atoms with E-state index in [0.29, 0.717) is 11.0 Å². The molecule has 1 aromatic heterocycles. The van der Waals surface area contributed by atoms with Gasteiger partial charge in [-0.25, -0.2) is 0 Å². The molecule has 7 heteroatoms. The van der Waals surface area contributed by atoms with Crippen LogP contribution in [0.1, 0.15) is 0 Å². The first-order valence-corrected chi connectivity index (χ1v) is 4.26. The van der Waals surface area contributed by atoms with Crippen molar-refractivity contribution in [3.8, 4) is 5.75 Å². The van der Waals surface area contributed by atoms with Gasteiger partial charge in [-0.3, -0.25) is 0 Å². The summed E-state index contributed by atoms with van der Waals surface area (Å²) < 4.78 is 46.8. The lowest BCUT2D eigenvalue weighted by atomic mass is 10.3. The summed E-state index contributed by atoms with van der Waals surface area (Å²) in [5.74, 6) is -0.280. The van der Waals surface area contributed by atoms with Gasteiger partial charge in [0.25, 0.3) is 0 Å². The zero-order valence-corrected chi connectivity index (χ0v) is 7.39. The van der Waals surface area contributed by atoms with Crippen LogP contribution >= 0.6 is 11.7 Å². The van der Waals surface area contributed by atoms with Crippen LogP contribution in [0.3, 0.4) is 0 Å². The van der Waals surface area contributed by atoms with Crippen LogP contribution < -0.4 is 4.74 Å². The van der Waals surface area contributed by atoms with Crippen LogP contribution in [-0.2, 0) is 0 Å². The van der Waals surface area contributed by atoms with Crippen molar-refractivity contribution in [3.05, 3.63) is 18.2 Å². The molecule has 0 saturated heterocycles. The summed E-state index contributed by atoms with van der Waals surface area (Å²) in [6.07, 6.45) is -4.67. The highest BCUT2D eigenvalue weighted by molar-refractivity contribution is 7.00. The molecule has 0 amide bonds. The maximum atomic E-state index is 11.8. The van der Waals surface area contributed by atoms with Gasteiger partial charge in [-0.15, -0.1) is 13.2 Å². The Morgan fingerprint density at radius 3 is 2.57 bits per heavy atom. The van der Waals surface area contributed by atoms with E-state index in [2.05, 4.69) is 13.5 Å². The Morgan fingerprint density at radius 1 is 1.14 bits per heavy atom. The average Bonchev–Trinajstić information content (AvgIpc) is 2.47. The van der Waals surface area contributed by atoms with Gasteiger partial charge >= 0.3 is 6.36 Å². The fraction of sp³-hybridized carbons (Fsp3) is 0.143. The van der Waals surface area contributed by atoms with E-state index in [0.717, 1.165) is 11.7 Å². The Hall–Kier alpha value is -1.37. The number of alkyl halides is 3. The Bertz CT molecular complexity index is 453. The number of aromatic nitrogens is 2. The molecule has 3 nitrogen and oxygen atoms in total. The van der Waals surface area contributed by atoms with Crippen molar-refractivity contribution in [3.63, 3.8) is 0 Å². The molecule has 74 valence electrons. The second-order valence-corrected chi connectivity index (χ2v) is 2.99. The molecule has 0 aliphatic heterocycles. The van der Waals surface area contributed by atoms with Crippen molar-refractivity contribution in [1.29, 1.82) is 0 Å². The topological polar surface area (TPSA) is 35.0 Å². The molecule has 2 aromatic rings. The Kier molecular flexibility index (Phi) is 2.03. The minimum absolute atomic E-state index is 0.280. The third-order valence-corrected chi connectivity index (χ3v) is 2.02. The van der Waals surface area contributed by atoms with Crippen molar-refractivity contribution in [1.82, 2.24) is 8.75 Å². The van der Waals surface area contributed by atoms with E-state index < -0.39 is 6.36 Å². The number of ether oxygens (including phenoxy) is 1. The van der Waals surface area contributed by atoms with Crippen molar-refractivity contribution in [2.24, 2.45) is 0 Å². The molecule has 0 spiro atoms. The molecule has 2 rings (SSSR count). The predicted molar refractivity (Wildman–Crippen MR) is 44.1 cm³/mol. The molecule has 0 bridgehead atoms. The summed E-state index contributed by atoms with van der Waals surface area (Å²) in [6.45, 7) is 0. The maximum absolute atomic E-state index is 11.8. The van der Waals surface area contributed by atoms with Crippen molar-refractivity contribution in [2.45, 2.75) is 6.36 Å². The first-order valence-electron chi connectivity index (χ1n) is 3.53. The lowest BCUT2D eigenvalue weighted by molar-refractivity contribution is -0.274. The van der Waals surface area contributed by atoms with Gasteiger partial charge in [0.15, 0.2) is 0 Å². The van der Waals surface area contributed by atoms with Gasteiger partial charge in [-0.05, 0) is 12.1 Å². The van der Waals surface area contributed by atoms with E-state index in [1.165, 1.54) is 18.2 Å². The lowest BCUT2D eigenvalue weighted by Crippen LogP contribution is -2.16. The molecule has 14 heavy (non-hydrogen) atoms. The maximum Gasteiger partial charge on any atom is 0.573 e. The van der Waals surface area contributed by atoms with Crippen LogP contribution in [0.15, 0.2) is 18.2 Å². The second-order valence-electron chi connectivity index (χ2n) is 2.46. The fourth-order valence-electron chi connectivity index (χ4n) is 0.959. The molecule has 0 saturated carbocycles. The summed E-state index contributed by atoms with van der Waals surface area (Å²) >= 11 is 0.943. The van der Waals surface area contributed by atoms with Gasteiger partial charge < -0.3 is 4.74 Å². The normalized spacial score (nSPS) is 11.9. The van der Waals surface area contributed by atoms with Crippen LogP contribution in [0.4, 0.5) is 13.2 Å². The highest BCUT2D eigenvalue weighted by Crippen LogP contribution is 2.25. The highest BCUT2D eigenvalue weighted by atomic mass is 32.1. The molecule has 0 unspecified atom stereocenters. The molecule has 0 fully saturated rings. The van der Waals surface area contributed by atoms with Crippen molar-refractivity contribution in [2.75, 3.05) is 0 Å². The fourth-order valence-corrected chi connectivity index (χ4v) is 1.48. The number of halogens is 3. The number of nitrogens with zero attached hydrogens (tertiary/aromatic N) is 2. The van der Waals surface area contributed by atoms with Gasteiger partial charge in [-0.1, -0.05) is 0 Å². The van der Waals surface area contributed by atoms with Crippen LogP contribution in [-0.4, -0.2) is 15.1 Å². The van der Waals surface area contributed by atoms with E-state index in [1.807, 2.05) is 0 Å². The smallest absolute Gasteiger partial charge is 0.406 e. The molecule has 0 radical (unpaired) electrons. The molecule has 0 aliphatic carbocycles. The average molecular weight is 220 g/mol. The Morgan fingerprint density at radius 2 is 1.86 bits per heavy atom. The molecule has 1 heterocycles. The quantitative estimate of drug-likeness (QED) is 0.740. The molecular weight excluding hydrogens is 217 g/mol. The standard InChI is InChI=1S/C7H3F3N2OS/c8-7(9,10)13-4-1-2-5-6(3-4)12-14-11-5/h1-3H. The van der Waals surface area contributed by atoms with Crippen LogP contribution in [0, 0.1) is 0 Å². The summed E-state index contributed by atoms with van der Waals surface area (Å²) in [5, 5.41) is 0. The second kappa shape index (κ2) is 3.09. The van der Waals surface area contributed by atoms with E-state index >= 15 is 0 Å². The Balaban J connectivity index is 2.35. The molecule has 1 aromatic carbocycles. The summed E-state index contributed by atoms with van der Waals surface area (Å²) in [4.78, 5) is 0. The molecule has 0 atom stereocenters. The minimum Gasteiger partial charge on any atom is -0.406 e. The van der Waals surface area contributed by atoms with Crippen LogP contribution in [0.2, 0.25) is 0 Å². The summed E-state index contributed by atoms with van der Waals surface area (Å²) in [5.41, 5.74) is 0.960. The first-order chi connectivity index (χ1) is 6.54. The number of fused-ring (bicyclic) bond motifs is 1. The summed E-state index contributed by atoms with van der Waals surface area (Å²) in [7, 11) is 0. The molecular formula is C7H3F3N2OS. The predicted octanol–water partition coefficient (Wildman–Crippen LogP) is 2.59. The monoisotopic (exact) mass is 220 g/mol. The number of rotatable bonds is 1. The zero-order valence-electron chi connectivity index (χ0n) is 6.58. The number of hydrogen-bond donors (Lipinski definition) is 0. The third kappa shape index (κ3) is 1.92. The number of benzene rings is 1. The van der Waals surface area contributed by atoms with Gasteiger partial charge in [0.2, 0.25) is 0 Å².